The van der Waals surface area contributed by atoms with E-state index in [9.17, 15) is 9.59 Å². The third-order valence-corrected chi connectivity index (χ3v) is 7.30. The fourth-order valence-corrected chi connectivity index (χ4v) is 5.10. The molecule has 1 atom stereocenters. The average molecular weight is 542 g/mol. The maximum Gasteiger partial charge on any atom is 0.256 e. The predicted molar refractivity (Wildman–Crippen MR) is 149 cm³/mol. The number of aryl methyl sites for hydroxylation is 1. The molecule has 0 radical (unpaired) electrons. The van der Waals surface area contributed by atoms with Gasteiger partial charge in [-0.2, -0.15) is 5.10 Å². The van der Waals surface area contributed by atoms with Crippen molar-refractivity contribution in [3.05, 3.63) is 66.0 Å². The minimum atomic E-state index is -0.417. The van der Waals surface area contributed by atoms with E-state index in [-0.39, 0.29) is 17.9 Å². The van der Waals surface area contributed by atoms with E-state index in [1.54, 1.807) is 42.6 Å². The lowest BCUT2D eigenvalue weighted by Crippen LogP contribution is -2.56. The highest BCUT2D eigenvalue weighted by Crippen LogP contribution is 2.34. The summed E-state index contributed by atoms with van der Waals surface area (Å²) in [6.45, 7) is 6.14. The zero-order valence-corrected chi connectivity index (χ0v) is 22.4. The van der Waals surface area contributed by atoms with Gasteiger partial charge in [0.25, 0.3) is 5.91 Å². The Morgan fingerprint density at radius 2 is 1.98 bits per heavy atom. The highest BCUT2D eigenvalue weighted by Gasteiger charge is 2.44. The number of ether oxygens (including phenoxy) is 2. The number of likely N-dealkylation sites (tertiary alicyclic amines) is 1. The molecule has 1 aromatic carbocycles. The number of aromatic nitrogens is 4. The summed E-state index contributed by atoms with van der Waals surface area (Å²) in [5, 5.41) is 14.5. The van der Waals surface area contributed by atoms with Crippen LogP contribution in [0, 0.1) is 12.3 Å². The van der Waals surface area contributed by atoms with Gasteiger partial charge in [0.1, 0.15) is 22.7 Å². The summed E-state index contributed by atoms with van der Waals surface area (Å²) in [4.78, 5) is 36.3. The Bertz CT molecular complexity index is 1550. The molecule has 0 bridgehead atoms. The van der Waals surface area contributed by atoms with Crippen LogP contribution in [-0.2, 0) is 9.53 Å². The molecular formula is C29H31N7O4. The van der Waals surface area contributed by atoms with E-state index < -0.39 is 5.41 Å². The van der Waals surface area contributed by atoms with E-state index in [0.717, 1.165) is 30.5 Å². The molecule has 40 heavy (non-hydrogen) atoms. The number of carbonyl (C=O) groups excluding carboxylic acids is 2. The van der Waals surface area contributed by atoms with Gasteiger partial charge < -0.3 is 25.0 Å². The van der Waals surface area contributed by atoms with Crippen LogP contribution in [0.5, 0.6) is 11.5 Å². The first-order valence-electron chi connectivity index (χ1n) is 13.4. The van der Waals surface area contributed by atoms with Gasteiger partial charge >= 0.3 is 0 Å². The van der Waals surface area contributed by atoms with E-state index >= 15 is 0 Å². The van der Waals surface area contributed by atoms with Crippen LogP contribution >= 0.6 is 0 Å². The first-order valence-corrected chi connectivity index (χ1v) is 13.4. The molecule has 0 saturated carbocycles. The summed E-state index contributed by atoms with van der Waals surface area (Å²) in [6, 6.07) is 14.2. The number of benzene rings is 1. The highest BCUT2D eigenvalue weighted by molar-refractivity contribution is 6.03. The van der Waals surface area contributed by atoms with Gasteiger partial charge in [0.15, 0.2) is 11.5 Å². The van der Waals surface area contributed by atoms with Gasteiger partial charge in [-0.05, 0) is 63.1 Å². The molecule has 6 rings (SSSR count). The lowest BCUT2D eigenvalue weighted by Gasteiger charge is -2.43. The molecule has 4 aromatic rings. The predicted octanol–water partition coefficient (Wildman–Crippen LogP) is 4.15. The molecule has 3 N–H and O–H groups in total. The molecule has 0 aliphatic carbocycles. The third kappa shape index (κ3) is 5.20. The van der Waals surface area contributed by atoms with Crippen LogP contribution in [0.4, 0.5) is 11.6 Å². The van der Waals surface area contributed by atoms with Crippen molar-refractivity contribution in [1.29, 1.82) is 0 Å². The first-order chi connectivity index (χ1) is 19.4. The molecule has 11 heteroatoms. The molecule has 206 valence electrons. The molecule has 2 saturated heterocycles. The smallest absolute Gasteiger partial charge is 0.256 e. The number of nitrogens with one attached hydrogen (secondary N) is 3. The molecule has 2 amide bonds. The van der Waals surface area contributed by atoms with Gasteiger partial charge in [0.05, 0.1) is 18.6 Å². The molecule has 3 aromatic heterocycles. The Labute approximate surface area is 231 Å². The number of H-pyrrole nitrogens is 1. The second-order valence-electron chi connectivity index (χ2n) is 10.6. The Kier molecular flexibility index (Phi) is 6.81. The maximum atomic E-state index is 13.0. The number of aromatic amines is 1. The number of pyridine rings is 2. The van der Waals surface area contributed by atoms with Crippen LogP contribution < -0.4 is 15.4 Å². The standard InChI is InChI=1S/C29H31N7O4/c1-18-5-3-7-23(31-18)33-27(37)19-8-10-21(11-9-19)40-22-12-13-30-25-24(22)26(35-34-25)32-20-6-4-14-36(15-20)28(38)29(2)16-39-17-29/h3,5,7-13,20H,4,6,14-17H2,1-2H3,(H,31,33,37)(H2,30,32,34,35)/t20-/m1/s1. The van der Waals surface area contributed by atoms with E-state index in [2.05, 4.69) is 30.8 Å². The van der Waals surface area contributed by atoms with Crippen molar-refractivity contribution >= 4 is 34.5 Å². The van der Waals surface area contributed by atoms with E-state index in [4.69, 9.17) is 9.47 Å². The maximum absolute atomic E-state index is 13.0. The number of carbonyl (C=O) groups is 2. The van der Waals surface area contributed by atoms with Gasteiger partial charge in [-0.15, -0.1) is 0 Å². The summed E-state index contributed by atoms with van der Waals surface area (Å²) in [6.07, 6.45) is 3.48. The topological polar surface area (TPSA) is 134 Å². The van der Waals surface area contributed by atoms with Crippen molar-refractivity contribution in [2.75, 3.05) is 36.9 Å². The molecule has 5 heterocycles. The van der Waals surface area contributed by atoms with Crippen LogP contribution in [0.1, 0.15) is 35.8 Å². The van der Waals surface area contributed by atoms with Crippen molar-refractivity contribution in [1.82, 2.24) is 25.1 Å². The first kappa shape index (κ1) is 25.8. The zero-order chi connectivity index (χ0) is 27.7. The summed E-state index contributed by atoms with van der Waals surface area (Å²) in [7, 11) is 0. The minimum Gasteiger partial charge on any atom is -0.456 e. The second-order valence-corrected chi connectivity index (χ2v) is 10.6. The van der Waals surface area contributed by atoms with Crippen molar-refractivity contribution in [3.8, 4) is 11.5 Å². The SMILES string of the molecule is Cc1cccc(NC(=O)c2ccc(Oc3ccnc4[nH]nc(N[C@@H]5CCCN(C(=O)C6(C)COC6)C5)c34)cc2)n1. The third-order valence-electron chi connectivity index (χ3n) is 7.30. The number of piperidine rings is 1. The van der Waals surface area contributed by atoms with Crippen LogP contribution in [0.2, 0.25) is 0 Å². The average Bonchev–Trinajstić information content (AvgIpc) is 3.35. The summed E-state index contributed by atoms with van der Waals surface area (Å²) in [5.41, 5.74) is 1.48. The van der Waals surface area contributed by atoms with Crippen LogP contribution in [0.15, 0.2) is 54.7 Å². The van der Waals surface area contributed by atoms with Gasteiger partial charge in [-0.25, -0.2) is 9.97 Å². The van der Waals surface area contributed by atoms with Gasteiger partial charge in [-0.3, -0.25) is 14.7 Å². The zero-order valence-electron chi connectivity index (χ0n) is 22.4. The van der Waals surface area contributed by atoms with Crippen molar-refractivity contribution < 1.29 is 19.1 Å². The molecular weight excluding hydrogens is 510 g/mol. The van der Waals surface area contributed by atoms with E-state index in [1.165, 1.54) is 0 Å². The monoisotopic (exact) mass is 541 g/mol. The number of rotatable bonds is 7. The van der Waals surface area contributed by atoms with E-state index in [0.29, 0.717) is 54.1 Å². The quantitative estimate of drug-likeness (QED) is 0.318. The number of anilines is 2. The summed E-state index contributed by atoms with van der Waals surface area (Å²) in [5.74, 6) is 2.16. The fraction of sp³-hybridized carbons (Fsp3) is 0.345. The second kappa shape index (κ2) is 10.6. The summed E-state index contributed by atoms with van der Waals surface area (Å²) >= 11 is 0. The number of amides is 2. The number of hydrogen-bond acceptors (Lipinski definition) is 8. The Morgan fingerprint density at radius 3 is 2.73 bits per heavy atom. The van der Waals surface area contributed by atoms with Gasteiger partial charge in [-0.1, -0.05) is 6.07 Å². The van der Waals surface area contributed by atoms with Gasteiger partial charge in [0, 0.05) is 42.7 Å². The van der Waals surface area contributed by atoms with Crippen LogP contribution in [0.3, 0.4) is 0 Å². The largest absolute Gasteiger partial charge is 0.456 e. The van der Waals surface area contributed by atoms with Crippen LogP contribution in [0.25, 0.3) is 11.0 Å². The molecule has 0 unspecified atom stereocenters. The Hall–Kier alpha value is -4.51. The lowest BCUT2D eigenvalue weighted by atomic mass is 9.86. The molecule has 2 fully saturated rings. The molecule has 2 aliphatic heterocycles. The minimum absolute atomic E-state index is 0.0440. The Morgan fingerprint density at radius 1 is 1.15 bits per heavy atom. The van der Waals surface area contributed by atoms with Crippen molar-refractivity contribution in [3.63, 3.8) is 0 Å². The molecule has 0 spiro atoms. The van der Waals surface area contributed by atoms with Crippen molar-refractivity contribution in [2.45, 2.75) is 32.7 Å². The molecule has 11 nitrogen and oxygen atoms in total. The number of hydrogen-bond donors (Lipinski definition) is 3. The lowest BCUT2D eigenvalue weighted by molar-refractivity contribution is -0.169. The number of nitrogens with zero attached hydrogens (tertiary/aromatic N) is 4. The summed E-state index contributed by atoms with van der Waals surface area (Å²) < 4.78 is 11.5. The van der Waals surface area contributed by atoms with Crippen LogP contribution in [-0.4, -0.2) is 69.2 Å². The molecule has 2 aliphatic rings. The number of fused-ring (bicyclic) bond motifs is 1. The van der Waals surface area contributed by atoms with E-state index in [1.807, 2.05) is 30.9 Å². The fourth-order valence-electron chi connectivity index (χ4n) is 5.10. The van der Waals surface area contributed by atoms with Crippen molar-refractivity contribution in [2.24, 2.45) is 5.41 Å². The Balaban J connectivity index is 1.15. The normalized spacial score (nSPS) is 18.1. The van der Waals surface area contributed by atoms with Gasteiger partial charge in [0.2, 0.25) is 5.91 Å². The highest BCUT2D eigenvalue weighted by atomic mass is 16.5.